The molecule has 0 unspecified atom stereocenters. The van der Waals surface area contributed by atoms with Gasteiger partial charge in [0.05, 0.1) is 4.90 Å². The number of rotatable bonds is 7. The lowest BCUT2D eigenvalue weighted by Crippen LogP contribution is -2.45. The minimum atomic E-state index is -3.92. The lowest BCUT2D eigenvalue weighted by Gasteiger charge is -2.28. The molecule has 1 N–H and O–H groups in total. The third kappa shape index (κ3) is 6.45. The average Bonchev–Trinajstić information content (AvgIpc) is 2.65. The molecule has 2 aromatic carbocycles. The van der Waals surface area contributed by atoms with Crippen LogP contribution in [0.25, 0.3) is 0 Å². The van der Waals surface area contributed by atoms with Crippen molar-refractivity contribution in [3.05, 3.63) is 65.7 Å². The molecule has 0 aromatic heterocycles. The van der Waals surface area contributed by atoms with E-state index in [1.807, 2.05) is 58.0 Å². The first-order chi connectivity index (χ1) is 13.5. The zero-order valence-electron chi connectivity index (χ0n) is 17.2. The molecule has 0 heterocycles. The van der Waals surface area contributed by atoms with Gasteiger partial charge in [-0.3, -0.25) is 4.79 Å². The number of hydrogen-bond donors (Lipinski definition) is 1. The average molecular weight is 414 g/mol. The molecule has 0 bridgehead atoms. The van der Waals surface area contributed by atoms with E-state index in [4.69, 9.17) is 11.2 Å². The predicted octanol–water partition coefficient (Wildman–Crippen LogP) is 3.48. The lowest BCUT2D eigenvalue weighted by atomic mass is 9.89. The van der Waals surface area contributed by atoms with Crippen LogP contribution >= 0.6 is 0 Å². The van der Waals surface area contributed by atoms with Crippen LogP contribution < -0.4 is 4.72 Å². The van der Waals surface area contributed by atoms with Gasteiger partial charge in [0.25, 0.3) is 0 Å². The van der Waals surface area contributed by atoms with Crippen molar-refractivity contribution in [2.45, 2.75) is 51.2 Å². The van der Waals surface area contributed by atoms with Gasteiger partial charge in [0.2, 0.25) is 10.0 Å². The van der Waals surface area contributed by atoms with Crippen molar-refractivity contribution in [2.24, 2.45) is 5.41 Å². The molecule has 6 heteroatoms. The van der Waals surface area contributed by atoms with Crippen LogP contribution in [0.5, 0.6) is 0 Å². The molecule has 0 saturated heterocycles. The van der Waals surface area contributed by atoms with E-state index in [-0.39, 0.29) is 11.3 Å². The van der Waals surface area contributed by atoms with Crippen molar-refractivity contribution in [3.8, 4) is 12.3 Å². The van der Waals surface area contributed by atoms with Crippen molar-refractivity contribution in [1.82, 2.24) is 4.72 Å². The highest BCUT2D eigenvalue weighted by Gasteiger charge is 2.32. The second kappa shape index (κ2) is 9.25. The Hall–Kier alpha value is -2.62. The topological polar surface area (TPSA) is 72.5 Å². The van der Waals surface area contributed by atoms with Gasteiger partial charge in [-0.2, -0.15) is 4.72 Å². The summed E-state index contributed by atoms with van der Waals surface area (Å²) in [7, 11) is -3.92. The van der Waals surface area contributed by atoms with Crippen LogP contribution in [0.4, 0.5) is 0 Å². The Labute approximate surface area is 173 Å². The lowest BCUT2D eigenvalue weighted by molar-refractivity contribution is -0.152. The van der Waals surface area contributed by atoms with Gasteiger partial charge < -0.3 is 4.74 Å². The monoisotopic (exact) mass is 413 g/mol. The zero-order valence-corrected chi connectivity index (χ0v) is 18.0. The first-order valence-electron chi connectivity index (χ1n) is 9.32. The number of ether oxygens (including phenoxy) is 1. The molecule has 0 fully saturated rings. The summed E-state index contributed by atoms with van der Waals surface area (Å²) >= 11 is 0. The molecule has 0 radical (unpaired) electrons. The number of hydrogen-bond acceptors (Lipinski definition) is 4. The summed E-state index contributed by atoms with van der Waals surface area (Å²) < 4.78 is 33.7. The summed E-state index contributed by atoms with van der Waals surface area (Å²) in [6, 6.07) is 14.4. The molecule has 0 aliphatic rings. The summed E-state index contributed by atoms with van der Waals surface area (Å²) in [6.07, 6.45) is 4.89. The van der Waals surface area contributed by atoms with Gasteiger partial charge in [-0.05, 0) is 31.0 Å². The number of sulfonamides is 1. The van der Waals surface area contributed by atoms with Gasteiger partial charge >= 0.3 is 5.97 Å². The number of carbonyl (C=O) groups is 1. The summed E-state index contributed by atoms with van der Waals surface area (Å²) in [5.41, 5.74) is 1.26. The highest BCUT2D eigenvalue weighted by molar-refractivity contribution is 7.89. The molecule has 2 atom stereocenters. The molecule has 5 nitrogen and oxygen atoms in total. The second-order valence-electron chi connectivity index (χ2n) is 8.03. The number of carbonyl (C=O) groups excluding carboxylic acids is 1. The van der Waals surface area contributed by atoms with Crippen LogP contribution in [0.3, 0.4) is 0 Å². The van der Waals surface area contributed by atoms with Crippen LogP contribution in [0.2, 0.25) is 0 Å². The van der Waals surface area contributed by atoms with Gasteiger partial charge in [-0.25, -0.2) is 8.42 Å². The zero-order chi connectivity index (χ0) is 21.7. The number of nitrogens with one attached hydrogen (secondary N) is 1. The van der Waals surface area contributed by atoms with Crippen LogP contribution in [0, 0.1) is 24.7 Å². The molecule has 0 amide bonds. The Morgan fingerprint density at radius 2 is 1.69 bits per heavy atom. The maximum atomic E-state index is 12.9. The minimum Gasteiger partial charge on any atom is -0.447 e. The summed E-state index contributed by atoms with van der Waals surface area (Å²) in [4.78, 5) is 13.0. The number of benzene rings is 2. The molecular formula is C23H27NO4S. The predicted molar refractivity (Wildman–Crippen MR) is 114 cm³/mol. The van der Waals surface area contributed by atoms with Crippen molar-refractivity contribution in [1.29, 1.82) is 0 Å². The Bertz CT molecular complexity index is 968. The summed E-state index contributed by atoms with van der Waals surface area (Å²) in [5.74, 6) is 1.77. The maximum absolute atomic E-state index is 12.9. The Morgan fingerprint density at radius 3 is 2.21 bits per heavy atom. The second-order valence-corrected chi connectivity index (χ2v) is 9.74. The summed E-state index contributed by atoms with van der Waals surface area (Å²) in [5, 5.41) is 0. The largest absolute Gasteiger partial charge is 0.447 e. The molecule has 0 spiro atoms. The molecule has 29 heavy (non-hydrogen) atoms. The third-order valence-electron chi connectivity index (χ3n) is 4.37. The molecule has 2 rings (SSSR count). The Morgan fingerprint density at radius 1 is 1.10 bits per heavy atom. The van der Waals surface area contributed by atoms with Crippen LogP contribution in [0.15, 0.2) is 59.5 Å². The highest BCUT2D eigenvalue weighted by atomic mass is 32.2. The van der Waals surface area contributed by atoms with Gasteiger partial charge in [0.1, 0.15) is 6.04 Å². The molecule has 0 aliphatic carbocycles. The van der Waals surface area contributed by atoms with E-state index in [9.17, 15) is 13.2 Å². The smallest absolute Gasteiger partial charge is 0.325 e. The SMILES string of the molecule is C#C[C@@H](OC(=O)[C@H](Cc1ccccc1)NS(=O)(=O)c1ccc(C)cc1)C(C)(C)C. The fraction of sp³-hybridized carbons (Fsp3) is 0.348. The van der Waals surface area contributed by atoms with E-state index in [2.05, 4.69) is 10.6 Å². The van der Waals surface area contributed by atoms with Crippen molar-refractivity contribution in [2.75, 3.05) is 0 Å². The normalized spacial score (nSPS) is 13.9. The standard InChI is InChI=1S/C23H27NO4S/c1-6-21(23(3,4)5)28-22(25)20(16-18-10-8-7-9-11-18)24-29(26,27)19-14-12-17(2)13-15-19/h1,7-15,20-21,24H,16H2,2-5H3/t20-,21+/m0/s1. The third-order valence-corrected chi connectivity index (χ3v) is 5.86. The fourth-order valence-electron chi connectivity index (χ4n) is 2.65. The Kier molecular flexibility index (Phi) is 7.23. The van der Waals surface area contributed by atoms with E-state index in [0.29, 0.717) is 0 Å². The van der Waals surface area contributed by atoms with E-state index in [0.717, 1.165) is 11.1 Å². The van der Waals surface area contributed by atoms with Crippen LogP contribution in [-0.4, -0.2) is 26.5 Å². The van der Waals surface area contributed by atoms with Gasteiger partial charge in [0, 0.05) is 5.41 Å². The number of terminal acetylenes is 1. The number of esters is 1. The van der Waals surface area contributed by atoms with Gasteiger partial charge in [0.15, 0.2) is 6.10 Å². The first-order valence-corrected chi connectivity index (χ1v) is 10.8. The molecule has 2 aromatic rings. The van der Waals surface area contributed by atoms with E-state index in [1.54, 1.807) is 12.1 Å². The van der Waals surface area contributed by atoms with E-state index < -0.39 is 33.6 Å². The molecule has 0 aliphatic heterocycles. The first kappa shape index (κ1) is 22.7. The van der Waals surface area contributed by atoms with Crippen LogP contribution in [0.1, 0.15) is 31.9 Å². The number of aryl methyl sites for hydroxylation is 1. The molecular weight excluding hydrogens is 386 g/mol. The van der Waals surface area contributed by atoms with E-state index >= 15 is 0 Å². The summed E-state index contributed by atoms with van der Waals surface area (Å²) in [6.45, 7) is 7.43. The quantitative estimate of drug-likeness (QED) is 0.557. The van der Waals surface area contributed by atoms with E-state index in [1.165, 1.54) is 12.1 Å². The van der Waals surface area contributed by atoms with Crippen LogP contribution in [-0.2, 0) is 26.0 Å². The van der Waals surface area contributed by atoms with Gasteiger partial charge in [-0.15, -0.1) is 6.42 Å². The Balaban J connectivity index is 2.30. The van der Waals surface area contributed by atoms with Gasteiger partial charge in [-0.1, -0.05) is 74.7 Å². The molecule has 0 saturated carbocycles. The molecule has 154 valence electrons. The minimum absolute atomic E-state index is 0.0817. The fourth-order valence-corrected chi connectivity index (χ4v) is 3.84. The van der Waals surface area contributed by atoms with Crippen molar-refractivity contribution >= 4 is 16.0 Å². The van der Waals surface area contributed by atoms with Crippen molar-refractivity contribution in [3.63, 3.8) is 0 Å². The maximum Gasteiger partial charge on any atom is 0.325 e. The highest BCUT2D eigenvalue weighted by Crippen LogP contribution is 2.23. The van der Waals surface area contributed by atoms with Crippen molar-refractivity contribution < 1.29 is 17.9 Å².